The average molecular weight is 320 g/mol. The van der Waals surface area contributed by atoms with E-state index in [0.717, 1.165) is 5.56 Å². The summed E-state index contributed by atoms with van der Waals surface area (Å²) in [6.07, 6.45) is 0.403. The van der Waals surface area contributed by atoms with E-state index >= 15 is 0 Å². The second kappa shape index (κ2) is 6.36. The minimum Gasteiger partial charge on any atom is -0.480 e. The molecule has 1 aliphatic rings. The molecule has 1 amide bonds. The van der Waals surface area contributed by atoms with E-state index in [1.807, 2.05) is 6.07 Å². The molecule has 0 saturated heterocycles. The van der Waals surface area contributed by atoms with Crippen molar-refractivity contribution in [2.24, 2.45) is 0 Å². The van der Waals surface area contributed by atoms with Crippen LogP contribution in [-0.2, 0) is 17.6 Å². The van der Waals surface area contributed by atoms with Crippen LogP contribution in [0.25, 0.3) is 0 Å². The van der Waals surface area contributed by atoms with Crippen molar-refractivity contribution in [2.45, 2.75) is 18.9 Å². The zero-order valence-corrected chi connectivity index (χ0v) is 12.6. The number of benzene rings is 2. The summed E-state index contributed by atoms with van der Waals surface area (Å²) in [5.74, 6) is 0.248. The number of fused-ring (bicyclic) bond motifs is 1. The second-order valence-electron chi connectivity index (χ2n) is 5.20. The summed E-state index contributed by atoms with van der Waals surface area (Å²) in [5, 5.41) is 3.41. The molecule has 1 aliphatic heterocycles. The predicted octanol–water partition coefficient (Wildman–Crippen LogP) is 3.14. The fourth-order valence-electron chi connectivity index (χ4n) is 2.50. The van der Waals surface area contributed by atoms with Gasteiger partial charge < -0.3 is 10.1 Å². The van der Waals surface area contributed by atoms with Gasteiger partial charge in [-0.3, -0.25) is 4.79 Å². The highest BCUT2D eigenvalue weighted by Gasteiger charge is 2.28. The fraction of sp³-hybridized carbons (Fsp3) is 0.235. The first kappa shape index (κ1) is 14.9. The van der Waals surface area contributed by atoms with Crippen molar-refractivity contribution in [3.05, 3.63) is 64.4 Å². The Bertz CT molecular complexity index is 705. The van der Waals surface area contributed by atoms with Gasteiger partial charge in [-0.25, -0.2) is 4.39 Å². The number of carbonyl (C=O) groups excluding carboxylic acids is 1. The first-order valence-electron chi connectivity index (χ1n) is 7.09. The molecule has 1 N–H and O–H groups in total. The van der Waals surface area contributed by atoms with Crippen LogP contribution in [0.1, 0.15) is 11.1 Å². The third-order valence-electron chi connectivity index (χ3n) is 3.64. The van der Waals surface area contributed by atoms with Gasteiger partial charge in [-0.15, -0.1) is 0 Å². The highest BCUT2D eigenvalue weighted by Crippen LogP contribution is 2.31. The van der Waals surface area contributed by atoms with E-state index < -0.39 is 6.10 Å². The van der Waals surface area contributed by atoms with Crippen molar-refractivity contribution in [3.8, 4) is 5.75 Å². The molecular weight excluding hydrogens is 305 g/mol. The van der Waals surface area contributed by atoms with Crippen LogP contribution in [0.3, 0.4) is 0 Å². The Morgan fingerprint density at radius 3 is 2.95 bits per heavy atom. The number of hydrogen-bond acceptors (Lipinski definition) is 2. The summed E-state index contributed by atoms with van der Waals surface area (Å²) in [5.41, 5.74) is 1.52. The molecule has 0 aliphatic carbocycles. The van der Waals surface area contributed by atoms with Crippen LogP contribution in [0.5, 0.6) is 5.75 Å². The highest BCUT2D eigenvalue weighted by atomic mass is 35.5. The quantitative estimate of drug-likeness (QED) is 0.940. The topological polar surface area (TPSA) is 38.3 Å². The summed E-state index contributed by atoms with van der Waals surface area (Å²) in [4.78, 5) is 12.1. The van der Waals surface area contributed by atoms with Crippen LogP contribution in [0.15, 0.2) is 42.5 Å². The molecule has 3 rings (SSSR count). The molecule has 2 aromatic carbocycles. The maximum Gasteiger partial charge on any atom is 0.261 e. The lowest BCUT2D eigenvalue weighted by Gasteiger charge is -2.11. The molecule has 3 nitrogen and oxygen atoms in total. The Hall–Kier alpha value is -2.07. The Morgan fingerprint density at radius 1 is 1.32 bits per heavy atom. The maximum atomic E-state index is 13.5. The molecule has 22 heavy (non-hydrogen) atoms. The largest absolute Gasteiger partial charge is 0.480 e. The molecule has 0 unspecified atom stereocenters. The SMILES string of the molecule is O=C(NCCc1ccccc1F)[C@H]1Cc2cc(Cl)ccc2O1. The van der Waals surface area contributed by atoms with Gasteiger partial charge in [-0.05, 0) is 41.8 Å². The zero-order chi connectivity index (χ0) is 15.5. The summed E-state index contributed by atoms with van der Waals surface area (Å²) < 4.78 is 19.1. The van der Waals surface area contributed by atoms with Crippen LogP contribution < -0.4 is 10.1 Å². The molecule has 1 atom stereocenters. The van der Waals surface area contributed by atoms with Crippen molar-refractivity contribution in [1.29, 1.82) is 0 Å². The molecule has 0 aromatic heterocycles. The van der Waals surface area contributed by atoms with E-state index in [9.17, 15) is 9.18 Å². The van der Waals surface area contributed by atoms with Crippen molar-refractivity contribution < 1.29 is 13.9 Å². The number of amides is 1. The molecule has 0 bridgehead atoms. The fourth-order valence-corrected chi connectivity index (χ4v) is 2.69. The molecule has 1 heterocycles. The molecule has 0 fully saturated rings. The molecular formula is C17H15ClFNO2. The summed E-state index contributed by atoms with van der Waals surface area (Å²) in [7, 11) is 0. The summed E-state index contributed by atoms with van der Waals surface area (Å²) >= 11 is 5.93. The van der Waals surface area contributed by atoms with Gasteiger partial charge in [-0.1, -0.05) is 29.8 Å². The summed E-state index contributed by atoms with van der Waals surface area (Å²) in [6, 6.07) is 11.9. The maximum absolute atomic E-state index is 13.5. The number of ether oxygens (including phenoxy) is 1. The molecule has 0 saturated carbocycles. The van der Waals surface area contributed by atoms with Crippen molar-refractivity contribution in [1.82, 2.24) is 5.32 Å². The third-order valence-corrected chi connectivity index (χ3v) is 3.88. The van der Waals surface area contributed by atoms with E-state index in [2.05, 4.69) is 5.32 Å². The Balaban J connectivity index is 1.53. The smallest absolute Gasteiger partial charge is 0.261 e. The molecule has 114 valence electrons. The van der Waals surface area contributed by atoms with Crippen LogP contribution in [0.2, 0.25) is 5.02 Å². The van der Waals surface area contributed by atoms with Gasteiger partial charge in [-0.2, -0.15) is 0 Å². The van der Waals surface area contributed by atoms with Gasteiger partial charge in [0.05, 0.1) is 0 Å². The lowest BCUT2D eigenvalue weighted by atomic mass is 10.1. The number of halogens is 2. The van der Waals surface area contributed by atoms with E-state index in [1.54, 1.807) is 30.3 Å². The number of rotatable bonds is 4. The van der Waals surface area contributed by atoms with Gasteiger partial charge >= 0.3 is 0 Å². The van der Waals surface area contributed by atoms with Gasteiger partial charge in [0.1, 0.15) is 11.6 Å². The third kappa shape index (κ3) is 3.22. The standard InChI is InChI=1S/C17H15ClFNO2/c18-13-5-6-15-12(9-13)10-16(22-15)17(21)20-8-7-11-3-1-2-4-14(11)19/h1-6,9,16H,7-8,10H2,(H,20,21)/t16-/m1/s1. The van der Waals surface area contributed by atoms with Crippen LogP contribution in [0.4, 0.5) is 4.39 Å². The second-order valence-corrected chi connectivity index (χ2v) is 5.63. The number of nitrogens with one attached hydrogen (secondary N) is 1. The van der Waals surface area contributed by atoms with Crippen molar-refractivity contribution in [3.63, 3.8) is 0 Å². The lowest BCUT2D eigenvalue weighted by Crippen LogP contribution is -2.38. The van der Waals surface area contributed by atoms with Crippen molar-refractivity contribution >= 4 is 17.5 Å². The monoisotopic (exact) mass is 319 g/mol. The van der Waals surface area contributed by atoms with Crippen LogP contribution in [-0.4, -0.2) is 18.6 Å². The number of hydrogen-bond donors (Lipinski definition) is 1. The molecule has 0 radical (unpaired) electrons. The Labute approximate surface area is 133 Å². The van der Waals surface area contributed by atoms with Crippen LogP contribution in [0, 0.1) is 5.82 Å². The van der Waals surface area contributed by atoms with Crippen molar-refractivity contribution in [2.75, 3.05) is 6.54 Å². The first-order chi connectivity index (χ1) is 10.6. The molecule has 2 aromatic rings. The van der Waals surface area contributed by atoms with Gasteiger partial charge in [0.2, 0.25) is 0 Å². The lowest BCUT2D eigenvalue weighted by molar-refractivity contribution is -0.127. The van der Waals surface area contributed by atoms with Gasteiger partial charge in [0, 0.05) is 18.0 Å². The minimum absolute atomic E-state index is 0.191. The van der Waals surface area contributed by atoms with Gasteiger partial charge in [0.15, 0.2) is 6.10 Å². The zero-order valence-electron chi connectivity index (χ0n) is 11.8. The predicted molar refractivity (Wildman–Crippen MR) is 82.7 cm³/mol. The Kier molecular flexibility index (Phi) is 4.29. The van der Waals surface area contributed by atoms with Gasteiger partial charge in [0.25, 0.3) is 5.91 Å². The minimum atomic E-state index is -0.547. The van der Waals surface area contributed by atoms with E-state index in [4.69, 9.17) is 16.3 Å². The van der Waals surface area contributed by atoms with Crippen LogP contribution >= 0.6 is 11.6 Å². The number of carbonyl (C=O) groups is 1. The molecule has 0 spiro atoms. The highest BCUT2D eigenvalue weighted by molar-refractivity contribution is 6.30. The first-order valence-corrected chi connectivity index (χ1v) is 7.47. The summed E-state index contributed by atoms with van der Waals surface area (Å²) in [6.45, 7) is 0.372. The molecule has 5 heteroatoms. The Morgan fingerprint density at radius 2 is 2.14 bits per heavy atom. The normalized spacial score (nSPS) is 16.0. The van der Waals surface area contributed by atoms with E-state index in [1.165, 1.54) is 6.07 Å². The average Bonchev–Trinajstić information content (AvgIpc) is 2.92. The van der Waals surface area contributed by atoms with E-state index in [-0.39, 0.29) is 11.7 Å². The van der Waals surface area contributed by atoms with E-state index in [0.29, 0.717) is 35.7 Å².